The van der Waals surface area contributed by atoms with Crippen LogP contribution in [0.5, 0.6) is 0 Å². The average molecular weight is 345 g/mol. The lowest BCUT2D eigenvalue weighted by Crippen LogP contribution is -2.50. The van der Waals surface area contributed by atoms with Crippen LogP contribution < -0.4 is 11.1 Å². The zero-order valence-corrected chi connectivity index (χ0v) is 15.0. The van der Waals surface area contributed by atoms with Gasteiger partial charge in [0, 0.05) is 12.0 Å². The summed E-state index contributed by atoms with van der Waals surface area (Å²) in [7, 11) is 0. The van der Waals surface area contributed by atoms with E-state index in [1.807, 2.05) is 30.3 Å². The van der Waals surface area contributed by atoms with Crippen molar-refractivity contribution in [1.29, 1.82) is 0 Å². The molecule has 0 bridgehead atoms. The van der Waals surface area contributed by atoms with E-state index in [9.17, 15) is 4.79 Å². The molecule has 2 aromatic carbocycles. The Morgan fingerprint density at radius 2 is 1.71 bits per heavy atom. The van der Waals surface area contributed by atoms with Crippen LogP contribution in [0.4, 0.5) is 0 Å². The number of hydrogen-bond donors (Lipinski definition) is 2. The Morgan fingerprint density at radius 1 is 1.12 bits per heavy atom. The molecule has 1 saturated carbocycles. The van der Waals surface area contributed by atoms with Crippen molar-refractivity contribution in [2.45, 2.75) is 37.6 Å². The standard InChI is InChI=1S/C20H24N2O.ClH/c1-15-8-6-7-11-17(15)20(12-13-20)14-22-18(23)19(2,21)16-9-4-3-5-10-16;/h3-11H,12-14,21H2,1-2H3,(H,22,23);1H. The molecular weight excluding hydrogens is 320 g/mol. The van der Waals surface area contributed by atoms with Crippen molar-refractivity contribution in [3.8, 4) is 0 Å². The van der Waals surface area contributed by atoms with Crippen LogP contribution in [-0.2, 0) is 15.7 Å². The highest BCUT2D eigenvalue weighted by Gasteiger charge is 2.45. The predicted molar refractivity (Wildman–Crippen MR) is 100 cm³/mol. The Hall–Kier alpha value is -1.84. The van der Waals surface area contributed by atoms with Crippen molar-refractivity contribution in [3.63, 3.8) is 0 Å². The third kappa shape index (κ3) is 3.47. The number of benzene rings is 2. The van der Waals surface area contributed by atoms with Crippen molar-refractivity contribution >= 4 is 18.3 Å². The molecule has 1 amide bonds. The largest absolute Gasteiger partial charge is 0.353 e. The summed E-state index contributed by atoms with van der Waals surface area (Å²) in [5, 5.41) is 3.09. The highest BCUT2D eigenvalue weighted by molar-refractivity contribution is 5.87. The van der Waals surface area contributed by atoms with E-state index in [1.54, 1.807) is 6.92 Å². The smallest absolute Gasteiger partial charge is 0.244 e. The fourth-order valence-corrected chi connectivity index (χ4v) is 3.21. The zero-order chi connectivity index (χ0) is 16.5. The number of carbonyl (C=O) groups excluding carboxylic acids is 1. The molecule has 4 heteroatoms. The topological polar surface area (TPSA) is 55.1 Å². The molecule has 3 N–H and O–H groups in total. The molecule has 1 atom stereocenters. The van der Waals surface area contributed by atoms with Crippen LogP contribution in [-0.4, -0.2) is 12.5 Å². The summed E-state index contributed by atoms with van der Waals surface area (Å²) in [6.07, 6.45) is 2.23. The summed E-state index contributed by atoms with van der Waals surface area (Å²) in [5.74, 6) is -0.122. The molecule has 1 aliphatic rings. The van der Waals surface area contributed by atoms with Crippen molar-refractivity contribution in [2.24, 2.45) is 5.73 Å². The Kier molecular flexibility index (Phi) is 5.36. The van der Waals surface area contributed by atoms with Gasteiger partial charge >= 0.3 is 0 Å². The van der Waals surface area contributed by atoms with Gasteiger partial charge in [0.15, 0.2) is 0 Å². The van der Waals surface area contributed by atoms with Crippen molar-refractivity contribution < 1.29 is 4.79 Å². The maximum Gasteiger partial charge on any atom is 0.244 e. The van der Waals surface area contributed by atoms with Gasteiger partial charge in [0.1, 0.15) is 5.54 Å². The van der Waals surface area contributed by atoms with Crippen LogP contribution in [0.25, 0.3) is 0 Å². The summed E-state index contributed by atoms with van der Waals surface area (Å²) in [6, 6.07) is 18.0. The van der Waals surface area contributed by atoms with E-state index in [0.29, 0.717) is 6.54 Å². The summed E-state index contributed by atoms with van der Waals surface area (Å²) in [5.41, 5.74) is 8.84. The molecule has 2 aromatic rings. The maximum absolute atomic E-state index is 12.6. The SMILES string of the molecule is Cc1ccccc1C1(CNC(=O)C(C)(N)c2ccccc2)CC1.Cl. The summed E-state index contributed by atoms with van der Waals surface area (Å²) < 4.78 is 0. The minimum Gasteiger partial charge on any atom is -0.353 e. The Balaban J connectivity index is 0.00000208. The summed E-state index contributed by atoms with van der Waals surface area (Å²) in [4.78, 5) is 12.6. The molecule has 3 rings (SSSR count). The lowest BCUT2D eigenvalue weighted by molar-refractivity contribution is -0.126. The number of nitrogens with two attached hydrogens (primary N) is 1. The molecule has 0 aromatic heterocycles. The van der Waals surface area contributed by atoms with Crippen LogP contribution in [0.15, 0.2) is 54.6 Å². The van der Waals surface area contributed by atoms with Crippen molar-refractivity contribution in [2.75, 3.05) is 6.54 Å². The van der Waals surface area contributed by atoms with Crippen LogP contribution in [0.3, 0.4) is 0 Å². The van der Waals surface area contributed by atoms with Crippen molar-refractivity contribution in [3.05, 3.63) is 71.3 Å². The molecule has 0 aliphatic heterocycles. The third-order valence-corrected chi connectivity index (χ3v) is 5.00. The fraction of sp³-hybridized carbons (Fsp3) is 0.350. The third-order valence-electron chi connectivity index (χ3n) is 5.00. The zero-order valence-electron chi connectivity index (χ0n) is 14.2. The molecule has 1 unspecified atom stereocenters. The first-order chi connectivity index (χ1) is 11.0. The molecule has 1 aliphatic carbocycles. The van der Waals surface area contributed by atoms with Gasteiger partial charge in [0.25, 0.3) is 0 Å². The van der Waals surface area contributed by atoms with Gasteiger partial charge in [0.2, 0.25) is 5.91 Å². The lowest BCUT2D eigenvalue weighted by atomic mass is 9.90. The van der Waals surface area contributed by atoms with Gasteiger partial charge in [0.05, 0.1) is 0 Å². The van der Waals surface area contributed by atoms with Crippen LogP contribution >= 0.6 is 12.4 Å². The van der Waals surface area contributed by atoms with Gasteiger partial charge in [-0.15, -0.1) is 12.4 Å². The fourth-order valence-electron chi connectivity index (χ4n) is 3.21. The molecule has 128 valence electrons. The molecular formula is C20H25ClN2O. The first-order valence-electron chi connectivity index (χ1n) is 8.15. The first kappa shape index (κ1) is 18.5. The minimum atomic E-state index is -1.01. The Morgan fingerprint density at radius 3 is 2.29 bits per heavy atom. The minimum absolute atomic E-state index is 0. The lowest BCUT2D eigenvalue weighted by Gasteiger charge is -2.26. The van der Waals surface area contributed by atoms with E-state index < -0.39 is 5.54 Å². The van der Waals surface area contributed by atoms with E-state index in [-0.39, 0.29) is 23.7 Å². The van der Waals surface area contributed by atoms with Crippen LogP contribution in [0.1, 0.15) is 36.5 Å². The number of halogens is 1. The highest BCUT2D eigenvalue weighted by Crippen LogP contribution is 2.48. The van der Waals surface area contributed by atoms with Crippen LogP contribution in [0, 0.1) is 6.92 Å². The molecule has 0 spiro atoms. The quantitative estimate of drug-likeness (QED) is 0.873. The Bertz CT molecular complexity index is 709. The van der Waals surface area contributed by atoms with Crippen molar-refractivity contribution in [1.82, 2.24) is 5.32 Å². The molecule has 3 nitrogen and oxygen atoms in total. The van der Waals surface area contributed by atoms with Gasteiger partial charge in [-0.1, -0.05) is 54.6 Å². The number of rotatable bonds is 5. The second-order valence-electron chi connectivity index (χ2n) is 6.85. The number of hydrogen-bond acceptors (Lipinski definition) is 2. The van der Waals surface area contributed by atoms with Gasteiger partial charge in [-0.2, -0.15) is 0 Å². The monoisotopic (exact) mass is 344 g/mol. The maximum atomic E-state index is 12.6. The van der Waals surface area contributed by atoms with Crippen LogP contribution in [0.2, 0.25) is 0 Å². The molecule has 0 saturated heterocycles. The molecule has 24 heavy (non-hydrogen) atoms. The van der Waals surface area contributed by atoms with E-state index in [2.05, 4.69) is 36.5 Å². The summed E-state index contributed by atoms with van der Waals surface area (Å²) in [6.45, 7) is 4.55. The predicted octanol–water partition coefficient (Wildman–Crippen LogP) is 3.44. The van der Waals surface area contributed by atoms with Gasteiger partial charge in [-0.25, -0.2) is 0 Å². The number of nitrogens with one attached hydrogen (secondary N) is 1. The van der Waals surface area contributed by atoms with E-state index in [1.165, 1.54) is 11.1 Å². The van der Waals surface area contributed by atoms with E-state index in [0.717, 1.165) is 18.4 Å². The number of aryl methyl sites for hydroxylation is 1. The second-order valence-corrected chi connectivity index (χ2v) is 6.85. The number of amides is 1. The molecule has 0 heterocycles. The first-order valence-corrected chi connectivity index (χ1v) is 8.15. The number of carbonyl (C=O) groups is 1. The molecule has 1 fully saturated rings. The van der Waals surface area contributed by atoms with Gasteiger partial charge in [-0.05, 0) is 43.4 Å². The van der Waals surface area contributed by atoms with E-state index >= 15 is 0 Å². The van der Waals surface area contributed by atoms with Gasteiger partial charge in [-0.3, -0.25) is 4.79 Å². The van der Waals surface area contributed by atoms with E-state index in [4.69, 9.17) is 5.73 Å². The van der Waals surface area contributed by atoms with Gasteiger partial charge < -0.3 is 11.1 Å². The highest BCUT2D eigenvalue weighted by atomic mass is 35.5. The molecule has 0 radical (unpaired) electrons. The normalized spacial score (nSPS) is 17.3. The Labute approximate surface area is 150 Å². The second kappa shape index (κ2) is 6.96. The average Bonchev–Trinajstić information content (AvgIpc) is 3.35. The summed E-state index contributed by atoms with van der Waals surface area (Å²) >= 11 is 0.